The molecule has 0 aliphatic heterocycles. The van der Waals surface area contributed by atoms with Crippen molar-refractivity contribution in [3.63, 3.8) is 0 Å². The van der Waals surface area contributed by atoms with Gasteiger partial charge in [-0.2, -0.15) is 0 Å². The Hall–Kier alpha value is -2.11. The Morgan fingerprint density at radius 2 is 2.00 bits per heavy atom. The van der Waals surface area contributed by atoms with E-state index < -0.39 is 23.7 Å². The van der Waals surface area contributed by atoms with E-state index in [0.29, 0.717) is 5.56 Å². The van der Waals surface area contributed by atoms with Crippen LogP contribution in [0.4, 0.5) is 4.79 Å². The van der Waals surface area contributed by atoms with Gasteiger partial charge in [0.1, 0.15) is 5.60 Å². The van der Waals surface area contributed by atoms with Crippen LogP contribution >= 0.6 is 0 Å². The van der Waals surface area contributed by atoms with Crippen molar-refractivity contribution < 1.29 is 19.4 Å². The zero-order valence-electron chi connectivity index (χ0n) is 13.9. The summed E-state index contributed by atoms with van der Waals surface area (Å²) in [4.78, 5) is 30.0. The maximum atomic E-state index is 12.7. The van der Waals surface area contributed by atoms with Crippen LogP contribution in [0.2, 0.25) is 0 Å². The van der Waals surface area contributed by atoms with E-state index in [2.05, 4.69) is 4.98 Å². The van der Waals surface area contributed by atoms with E-state index in [4.69, 9.17) is 4.74 Å². The number of aromatic nitrogens is 1. The Kier molecular flexibility index (Phi) is 5.23. The highest BCUT2D eigenvalue weighted by Gasteiger charge is 2.39. The van der Waals surface area contributed by atoms with Gasteiger partial charge >= 0.3 is 12.1 Å². The summed E-state index contributed by atoms with van der Waals surface area (Å²) in [6, 6.07) is 2.15. The van der Waals surface area contributed by atoms with Crippen molar-refractivity contribution >= 4 is 12.1 Å². The van der Waals surface area contributed by atoms with Crippen molar-refractivity contribution in [2.45, 2.75) is 64.1 Å². The molecule has 1 aromatic rings. The number of carbonyl (C=O) groups excluding carboxylic acids is 1. The third kappa shape index (κ3) is 4.43. The molecule has 0 unspecified atom stereocenters. The third-order valence-corrected chi connectivity index (χ3v) is 3.83. The van der Waals surface area contributed by atoms with Crippen molar-refractivity contribution in [1.29, 1.82) is 0 Å². The third-order valence-electron chi connectivity index (χ3n) is 3.83. The fraction of sp³-hybridized carbons (Fsp3) is 0.588. The van der Waals surface area contributed by atoms with Crippen molar-refractivity contribution in [2.75, 3.05) is 0 Å². The lowest BCUT2D eigenvalue weighted by Crippen LogP contribution is -2.47. The lowest BCUT2D eigenvalue weighted by Gasteiger charge is -2.35. The summed E-state index contributed by atoms with van der Waals surface area (Å²) < 4.78 is 5.47. The summed E-state index contributed by atoms with van der Waals surface area (Å²) in [5, 5.41) is 9.73. The van der Waals surface area contributed by atoms with Crippen LogP contribution in [0.1, 0.15) is 58.1 Å². The monoisotopic (exact) mass is 320 g/mol. The molecule has 1 aliphatic rings. The number of amides is 1. The summed E-state index contributed by atoms with van der Waals surface area (Å²) in [5.74, 6) is -1.07. The molecule has 23 heavy (non-hydrogen) atoms. The van der Waals surface area contributed by atoms with Gasteiger partial charge in [-0.15, -0.1) is 0 Å². The molecule has 1 saturated carbocycles. The van der Waals surface area contributed by atoms with Gasteiger partial charge in [-0.05, 0) is 39.7 Å². The van der Waals surface area contributed by atoms with Gasteiger partial charge in [-0.25, -0.2) is 9.59 Å². The Labute approximate surface area is 136 Å². The van der Waals surface area contributed by atoms with E-state index in [1.54, 1.807) is 39.1 Å². The van der Waals surface area contributed by atoms with Crippen molar-refractivity contribution in [3.8, 4) is 0 Å². The van der Waals surface area contributed by atoms with Crippen LogP contribution in [0.5, 0.6) is 0 Å². The topological polar surface area (TPSA) is 79.7 Å². The molecule has 0 bridgehead atoms. The number of aliphatic carboxylic acids is 1. The molecule has 2 rings (SSSR count). The highest BCUT2D eigenvalue weighted by molar-refractivity contribution is 5.81. The van der Waals surface area contributed by atoms with E-state index in [1.165, 1.54) is 11.1 Å². The molecule has 1 aliphatic carbocycles. The molecule has 0 saturated heterocycles. The number of rotatable bonds is 4. The van der Waals surface area contributed by atoms with Gasteiger partial charge in [0, 0.05) is 24.0 Å². The molecule has 0 radical (unpaired) electrons. The number of nitrogens with zero attached hydrogens (tertiary/aromatic N) is 2. The predicted molar refractivity (Wildman–Crippen MR) is 84.9 cm³/mol. The minimum absolute atomic E-state index is 0.119. The molecule has 1 atom stereocenters. The maximum Gasteiger partial charge on any atom is 0.411 e. The summed E-state index contributed by atoms with van der Waals surface area (Å²) in [6.45, 7) is 5.33. The fourth-order valence-corrected chi connectivity index (χ4v) is 2.92. The van der Waals surface area contributed by atoms with E-state index in [1.807, 2.05) is 0 Å². The molecule has 1 fully saturated rings. The first-order valence-electron chi connectivity index (χ1n) is 7.93. The smallest absolute Gasteiger partial charge is 0.411 e. The molecule has 6 nitrogen and oxygen atoms in total. The maximum absolute atomic E-state index is 12.7. The van der Waals surface area contributed by atoms with Crippen molar-refractivity contribution in [3.05, 3.63) is 30.1 Å². The van der Waals surface area contributed by atoms with Crippen LogP contribution in [0.25, 0.3) is 0 Å². The molecule has 0 aromatic carbocycles. The van der Waals surface area contributed by atoms with Gasteiger partial charge in [-0.3, -0.25) is 9.88 Å². The largest absolute Gasteiger partial charge is 0.479 e. The summed E-state index contributed by atoms with van der Waals surface area (Å²) in [7, 11) is 0. The Morgan fingerprint density at radius 1 is 1.35 bits per heavy atom. The lowest BCUT2D eigenvalue weighted by molar-refractivity contribution is -0.144. The Bertz CT molecular complexity index is 547. The first kappa shape index (κ1) is 17.2. The normalized spacial score (nSPS) is 16.8. The highest BCUT2D eigenvalue weighted by atomic mass is 16.6. The molecule has 1 heterocycles. The average Bonchev–Trinajstić information content (AvgIpc) is 2.96. The molecule has 1 N–H and O–H groups in total. The summed E-state index contributed by atoms with van der Waals surface area (Å²) >= 11 is 0. The first-order valence-corrected chi connectivity index (χ1v) is 7.93. The van der Waals surface area contributed by atoms with Gasteiger partial charge in [0.05, 0.1) is 0 Å². The van der Waals surface area contributed by atoms with Gasteiger partial charge in [-0.1, -0.05) is 18.9 Å². The van der Waals surface area contributed by atoms with Gasteiger partial charge < -0.3 is 9.84 Å². The van der Waals surface area contributed by atoms with Gasteiger partial charge in [0.2, 0.25) is 0 Å². The summed E-state index contributed by atoms with van der Waals surface area (Å²) in [5.41, 5.74) is -0.191. The first-order chi connectivity index (χ1) is 10.8. The average molecular weight is 320 g/mol. The standard InChI is InChI=1S/C17H24N2O4/c1-17(2,3)23-16(22)19(13-8-4-5-9-13)14(15(20)21)12-7-6-10-18-11-12/h6-7,10-11,13-14H,4-5,8-9H2,1-3H3,(H,20,21)/t14-/m0/s1. The number of pyridine rings is 1. The molecular formula is C17H24N2O4. The van der Waals surface area contributed by atoms with Crippen LogP contribution in [0.15, 0.2) is 24.5 Å². The van der Waals surface area contributed by atoms with Gasteiger partial charge in [0.25, 0.3) is 0 Å². The Balaban J connectivity index is 2.37. The lowest BCUT2D eigenvalue weighted by atomic mass is 10.0. The van der Waals surface area contributed by atoms with Gasteiger partial charge in [0.15, 0.2) is 6.04 Å². The van der Waals surface area contributed by atoms with E-state index in [9.17, 15) is 14.7 Å². The zero-order valence-corrected chi connectivity index (χ0v) is 13.9. The van der Waals surface area contributed by atoms with E-state index in [-0.39, 0.29) is 6.04 Å². The van der Waals surface area contributed by atoms with E-state index in [0.717, 1.165) is 25.7 Å². The molecule has 126 valence electrons. The number of carboxylic acid groups (broad SMARTS) is 1. The van der Waals surface area contributed by atoms with Crippen molar-refractivity contribution in [2.24, 2.45) is 0 Å². The minimum Gasteiger partial charge on any atom is -0.479 e. The molecular weight excluding hydrogens is 296 g/mol. The van der Waals surface area contributed by atoms with Crippen LogP contribution < -0.4 is 0 Å². The number of carbonyl (C=O) groups is 2. The number of ether oxygens (including phenoxy) is 1. The second-order valence-electron chi connectivity index (χ2n) is 6.85. The number of hydrogen-bond donors (Lipinski definition) is 1. The SMILES string of the molecule is CC(C)(C)OC(=O)N(C1CCCC1)[C@H](C(=O)O)c1cccnc1. The molecule has 1 aromatic heterocycles. The highest BCUT2D eigenvalue weighted by Crippen LogP contribution is 2.32. The van der Waals surface area contributed by atoms with Crippen LogP contribution in [-0.2, 0) is 9.53 Å². The molecule has 6 heteroatoms. The Morgan fingerprint density at radius 3 is 2.48 bits per heavy atom. The van der Waals surface area contributed by atoms with Crippen molar-refractivity contribution in [1.82, 2.24) is 9.88 Å². The molecule has 0 spiro atoms. The summed E-state index contributed by atoms with van der Waals surface area (Å²) in [6.07, 6.45) is 6.06. The number of carboxylic acids is 1. The predicted octanol–water partition coefficient (Wildman–Crippen LogP) is 3.39. The second kappa shape index (κ2) is 6.98. The molecule has 1 amide bonds. The second-order valence-corrected chi connectivity index (χ2v) is 6.85. The minimum atomic E-state index is -1.08. The van der Waals surface area contributed by atoms with Crippen LogP contribution in [0.3, 0.4) is 0 Å². The zero-order chi connectivity index (χ0) is 17.0. The van der Waals surface area contributed by atoms with E-state index >= 15 is 0 Å². The van der Waals surface area contributed by atoms with Crippen LogP contribution in [-0.4, -0.2) is 38.7 Å². The number of hydrogen-bond acceptors (Lipinski definition) is 4. The van der Waals surface area contributed by atoms with Crippen LogP contribution in [0, 0.1) is 0 Å². The fourth-order valence-electron chi connectivity index (χ4n) is 2.92. The quantitative estimate of drug-likeness (QED) is 0.920.